The average molecular weight is 981 g/mol. The Morgan fingerprint density at radius 2 is 1.14 bits per heavy atom. The fraction of sp³-hybridized carbons (Fsp3) is 0.593. The number of aromatic hydroxyl groups is 2. The maximum atomic E-state index is 14.8. The highest BCUT2D eigenvalue weighted by Crippen LogP contribution is 2.40. The molecule has 2 fully saturated rings. The normalized spacial score (nSPS) is 15.4. The van der Waals surface area contributed by atoms with Gasteiger partial charge in [-0.05, 0) is 158 Å². The van der Waals surface area contributed by atoms with E-state index in [9.17, 15) is 24.9 Å². The number of hydrogen-bond acceptors (Lipinski definition) is 17. The molecular formula is C54H80N10O7. The molecule has 0 aliphatic carbocycles. The number of hydrogen-bond donors (Lipinski definition) is 7. The van der Waals surface area contributed by atoms with E-state index in [0.717, 1.165) is 88.9 Å². The number of aromatic nitrogens is 4. The molecule has 9 N–H and O–H groups in total. The lowest BCUT2D eigenvalue weighted by Crippen LogP contribution is -2.30. The first kappa shape index (κ1) is 54.6. The molecule has 0 bridgehead atoms. The van der Waals surface area contributed by atoms with Crippen molar-refractivity contribution >= 4 is 35.5 Å². The van der Waals surface area contributed by atoms with Gasteiger partial charge >= 0.3 is 11.9 Å². The van der Waals surface area contributed by atoms with Crippen molar-refractivity contribution in [1.82, 2.24) is 29.7 Å². The Hall–Kier alpha value is -5.78. The van der Waals surface area contributed by atoms with E-state index in [2.05, 4.69) is 54.2 Å². The molecule has 3 unspecified atom stereocenters. The first-order chi connectivity index (χ1) is 34.4. The zero-order chi connectivity index (χ0) is 50.7. The number of ether oxygens (including phenoxy) is 2. The third-order valence-electron chi connectivity index (χ3n) is 13.9. The van der Waals surface area contributed by atoms with E-state index >= 15 is 0 Å². The minimum absolute atomic E-state index is 0.00450. The molecule has 0 saturated carbocycles. The number of unbranched alkanes of at least 4 members (excludes halogenated alkanes) is 3. The summed E-state index contributed by atoms with van der Waals surface area (Å²) in [5, 5.41) is 40.3. The van der Waals surface area contributed by atoms with Gasteiger partial charge in [-0.25, -0.2) is 9.97 Å². The van der Waals surface area contributed by atoms with E-state index < -0.39 is 23.8 Å². The number of anilines is 4. The number of phenolic OH excluding ortho intramolecular Hbond substituents is 2. The SMILES string of the molecule is CCCCNc1nc(N)nc(C)c1Cc1ccc(C(C(=O)OCCCCN2CCCC2)C(C(=O)OCCCCN2CCCC2)c2ccc(Cc3c(C)nc(N)nc3NC(CCC)CCO)c(O)c2)cc1O. The van der Waals surface area contributed by atoms with Crippen LogP contribution in [0.15, 0.2) is 36.4 Å². The molecule has 0 radical (unpaired) electrons. The van der Waals surface area contributed by atoms with Crippen molar-refractivity contribution in [3.05, 3.63) is 81.2 Å². The average Bonchev–Trinajstić information content (AvgIpc) is 4.07. The van der Waals surface area contributed by atoms with Gasteiger partial charge in [-0.15, -0.1) is 0 Å². The van der Waals surface area contributed by atoms with E-state index in [1.807, 2.05) is 13.8 Å². The molecule has 2 aliphatic rings. The molecule has 4 heterocycles. The Bertz CT molecular complexity index is 2330. The predicted molar refractivity (Wildman–Crippen MR) is 279 cm³/mol. The lowest BCUT2D eigenvalue weighted by Gasteiger charge is -2.26. The van der Waals surface area contributed by atoms with Crippen LogP contribution in [0, 0.1) is 13.8 Å². The number of benzene rings is 2. The van der Waals surface area contributed by atoms with Crippen molar-refractivity contribution in [2.45, 2.75) is 142 Å². The number of nitrogen functional groups attached to an aromatic ring is 2. The molecule has 17 nitrogen and oxygen atoms in total. The fourth-order valence-electron chi connectivity index (χ4n) is 9.86. The molecule has 17 heteroatoms. The van der Waals surface area contributed by atoms with Gasteiger partial charge in [-0.2, -0.15) is 9.97 Å². The van der Waals surface area contributed by atoms with Crippen molar-refractivity contribution in [1.29, 1.82) is 0 Å². The number of carbonyl (C=O) groups excluding carboxylic acids is 2. The number of likely N-dealkylation sites (tertiary alicyclic amines) is 2. The summed E-state index contributed by atoms with van der Waals surface area (Å²) in [5.41, 5.74) is 16.8. The maximum absolute atomic E-state index is 14.8. The summed E-state index contributed by atoms with van der Waals surface area (Å²) < 4.78 is 12.1. The number of rotatable bonds is 29. The van der Waals surface area contributed by atoms with Crippen LogP contribution in [-0.4, -0.2) is 129 Å². The number of aliphatic hydroxyl groups excluding tert-OH is 1. The van der Waals surface area contributed by atoms with Crippen molar-refractivity contribution < 1.29 is 34.4 Å². The lowest BCUT2D eigenvalue weighted by atomic mass is 9.80. The van der Waals surface area contributed by atoms with Crippen molar-refractivity contribution in [3.8, 4) is 11.5 Å². The second-order valence-corrected chi connectivity index (χ2v) is 19.3. The van der Waals surface area contributed by atoms with Crippen LogP contribution >= 0.6 is 0 Å². The number of aliphatic hydroxyl groups is 1. The molecule has 2 aromatic heterocycles. The van der Waals surface area contributed by atoms with Gasteiger partial charge < -0.3 is 56.7 Å². The van der Waals surface area contributed by atoms with E-state index in [1.54, 1.807) is 24.3 Å². The van der Waals surface area contributed by atoms with Gasteiger partial charge in [0.25, 0.3) is 0 Å². The quantitative estimate of drug-likeness (QED) is 0.0205. The van der Waals surface area contributed by atoms with Gasteiger partial charge in [-0.1, -0.05) is 51.0 Å². The van der Waals surface area contributed by atoms with Crippen molar-refractivity contribution in [2.24, 2.45) is 0 Å². The Balaban J connectivity index is 1.35. The predicted octanol–water partition coefficient (Wildman–Crippen LogP) is 7.52. The van der Waals surface area contributed by atoms with E-state index in [0.29, 0.717) is 71.1 Å². The molecule has 71 heavy (non-hydrogen) atoms. The highest BCUT2D eigenvalue weighted by atomic mass is 16.5. The Morgan fingerprint density at radius 1 is 0.662 bits per heavy atom. The van der Waals surface area contributed by atoms with Crippen molar-refractivity contribution in [3.63, 3.8) is 0 Å². The lowest BCUT2D eigenvalue weighted by molar-refractivity contribution is -0.154. The molecule has 0 spiro atoms. The maximum Gasteiger partial charge on any atom is 0.314 e. The molecule has 0 amide bonds. The topological polar surface area (TPSA) is 247 Å². The van der Waals surface area contributed by atoms with Gasteiger partial charge in [0.05, 0.1) is 25.0 Å². The molecule has 4 aromatic rings. The third-order valence-corrected chi connectivity index (χ3v) is 13.9. The van der Waals surface area contributed by atoms with E-state index in [4.69, 9.17) is 20.9 Å². The van der Waals surface area contributed by atoms with Crippen LogP contribution in [0.4, 0.5) is 23.5 Å². The second kappa shape index (κ2) is 27.7. The third kappa shape index (κ3) is 15.9. The van der Waals surface area contributed by atoms with Crippen molar-refractivity contribution in [2.75, 3.05) is 87.7 Å². The smallest absolute Gasteiger partial charge is 0.314 e. The summed E-state index contributed by atoms with van der Waals surface area (Å²) in [5.74, 6) is -2.62. The van der Waals surface area contributed by atoms with Gasteiger partial charge in [-0.3, -0.25) is 9.59 Å². The minimum Gasteiger partial charge on any atom is -0.508 e. The van der Waals surface area contributed by atoms with Crippen LogP contribution in [0.25, 0.3) is 0 Å². The van der Waals surface area contributed by atoms with Gasteiger partial charge in [0.15, 0.2) is 0 Å². The highest BCUT2D eigenvalue weighted by molar-refractivity contribution is 5.90. The molecule has 388 valence electrons. The van der Waals surface area contributed by atoms with Crippen LogP contribution in [0.5, 0.6) is 11.5 Å². The molecule has 2 aromatic carbocycles. The zero-order valence-electron chi connectivity index (χ0n) is 42.7. The highest BCUT2D eigenvalue weighted by Gasteiger charge is 2.40. The summed E-state index contributed by atoms with van der Waals surface area (Å²) in [7, 11) is 0. The standard InChI is InChI=1S/C54H80N10O7/c1-5-7-22-57-49-43(36(3)58-53(55)61-49)32-38-17-19-40(34-45(38)66)47(51(68)70-30-14-12-27-63-23-8-9-24-63)48(52(69)71-31-15-13-28-64-25-10-11-26-64)41-20-18-39(46(67)35-41)33-44-37(4)59-54(56)62-50(44)60-42(16-6-2)21-29-65/h17-20,34-35,42,47-48,65-67H,5-16,21-33H2,1-4H3,(H3,55,57,58,61)(H3,56,59,60,62). The number of esters is 2. The van der Waals surface area contributed by atoms with E-state index in [-0.39, 0.29) is 62.1 Å². The number of phenols is 2. The van der Waals surface area contributed by atoms with Gasteiger partial charge in [0, 0.05) is 54.5 Å². The molecule has 2 aliphatic heterocycles. The fourth-order valence-corrected chi connectivity index (χ4v) is 9.86. The first-order valence-corrected chi connectivity index (χ1v) is 26.2. The molecule has 2 saturated heterocycles. The Kier molecular flexibility index (Phi) is 21.3. The summed E-state index contributed by atoms with van der Waals surface area (Å²) in [6, 6.07) is 9.96. The summed E-state index contributed by atoms with van der Waals surface area (Å²) >= 11 is 0. The van der Waals surface area contributed by atoms with E-state index in [1.165, 1.54) is 37.8 Å². The van der Waals surface area contributed by atoms with Gasteiger partial charge in [0.2, 0.25) is 11.9 Å². The second-order valence-electron chi connectivity index (χ2n) is 19.3. The number of aryl methyl sites for hydroxylation is 2. The Morgan fingerprint density at radius 3 is 1.59 bits per heavy atom. The minimum atomic E-state index is -1.26. The molecule has 3 atom stereocenters. The van der Waals surface area contributed by atoms with Crippen LogP contribution in [0.2, 0.25) is 0 Å². The molecule has 6 rings (SSSR count). The van der Waals surface area contributed by atoms with Crippen LogP contribution in [0.3, 0.4) is 0 Å². The zero-order valence-corrected chi connectivity index (χ0v) is 42.7. The number of carbonyl (C=O) groups is 2. The van der Waals surface area contributed by atoms with Crippen LogP contribution < -0.4 is 22.1 Å². The summed E-state index contributed by atoms with van der Waals surface area (Å²) in [6.45, 7) is 15.0. The largest absolute Gasteiger partial charge is 0.508 e. The monoisotopic (exact) mass is 981 g/mol. The van der Waals surface area contributed by atoms with Crippen LogP contribution in [-0.2, 0) is 31.9 Å². The Labute approximate surface area is 420 Å². The number of nitrogens with zero attached hydrogens (tertiary/aromatic N) is 6. The summed E-state index contributed by atoms with van der Waals surface area (Å²) in [4.78, 5) is 52.2. The van der Waals surface area contributed by atoms with Gasteiger partial charge in [0.1, 0.15) is 23.1 Å². The van der Waals surface area contributed by atoms with Crippen LogP contribution in [0.1, 0.15) is 154 Å². The number of nitrogens with one attached hydrogen (secondary N) is 2. The summed E-state index contributed by atoms with van der Waals surface area (Å²) in [6.07, 6.45) is 12.4. The molecular weight excluding hydrogens is 901 g/mol. The first-order valence-electron chi connectivity index (χ1n) is 26.2. The number of nitrogens with two attached hydrogens (primary N) is 2.